The summed E-state index contributed by atoms with van der Waals surface area (Å²) in [6.45, 7) is 3.95. The van der Waals surface area contributed by atoms with Crippen molar-refractivity contribution in [2.45, 2.75) is 24.9 Å². The molecule has 4 rings (SSSR count). The molecule has 1 amide bonds. The van der Waals surface area contributed by atoms with Crippen LogP contribution in [0.2, 0.25) is 0 Å². The van der Waals surface area contributed by atoms with Gasteiger partial charge in [-0.05, 0) is 43.0 Å². The van der Waals surface area contributed by atoms with Gasteiger partial charge in [0.05, 0.1) is 12.0 Å². The molecule has 0 radical (unpaired) electrons. The minimum Gasteiger partial charge on any atom is -0.461 e. The summed E-state index contributed by atoms with van der Waals surface area (Å²) < 4.78 is 7.46. The number of likely N-dealkylation sites (tertiary alicyclic amines) is 1. The maximum atomic E-state index is 12.6. The van der Waals surface area contributed by atoms with E-state index in [4.69, 9.17) is 4.42 Å². The van der Waals surface area contributed by atoms with Gasteiger partial charge in [0.1, 0.15) is 0 Å². The predicted octanol–water partition coefficient (Wildman–Crippen LogP) is 3.88. The molecule has 0 N–H and O–H groups in total. The monoisotopic (exact) mass is 382 g/mol. The van der Waals surface area contributed by atoms with E-state index in [1.165, 1.54) is 11.8 Å². The van der Waals surface area contributed by atoms with Crippen molar-refractivity contribution in [3.63, 3.8) is 0 Å². The number of hydrogen-bond donors (Lipinski definition) is 0. The number of carbonyl (C=O) groups excluding carboxylic acids is 1. The Morgan fingerprint density at radius 2 is 1.93 bits per heavy atom. The molecule has 0 saturated carbocycles. The Morgan fingerprint density at radius 3 is 2.63 bits per heavy atom. The zero-order valence-electron chi connectivity index (χ0n) is 15.2. The standard InChI is InChI=1S/C20H22N4O2S/c1-15-9-11-23(12-10-15)18(25)14-27-20-22-21-19(17-8-5-13-26-17)24(20)16-6-3-2-4-7-16/h2-8,13,15H,9-12,14H2,1H3. The van der Waals surface area contributed by atoms with Crippen LogP contribution in [-0.2, 0) is 4.79 Å². The summed E-state index contributed by atoms with van der Waals surface area (Å²) in [5, 5.41) is 9.32. The molecule has 1 aliphatic rings. The van der Waals surface area contributed by atoms with Gasteiger partial charge in [-0.15, -0.1) is 10.2 Å². The summed E-state index contributed by atoms with van der Waals surface area (Å²) in [5.74, 6) is 2.51. The van der Waals surface area contributed by atoms with E-state index in [1.54, 1.807) is 6.26 Å². The van der Waals surface area contributed by atoms with Crippen LogP contribution in [0.3, 0.4) is 0 Å². The lowest BCUT2D eigenvalue weighted by molar-refractivity contribution is -0.129. The molecule has 0 bridgehead atoms. The normalized spacial score (nSPS) is 15.2. The van der Waals surface area contributed by atoms with Gasteiger partial charge in [0.2, 0.25) is 11.7 Å². The Hall–Kier alpha value is -2.54. The van der Waals surface area contributed by atoms with Gasteiger partial charge in [0.15, 0.2) is 10.9 Å². The first kappa shape index (κ1) is 17.9. The second-order valence-corrected chi connectivity index (χ2v) is 7.75. The number of piperidine rings is 1. The molecule has 0 spiro atoms. The fourth-order valence-electron chi connectivity index (χ4n) is 3.21. The van der Waals surface area contributed by atoms with E-state index in [9.17, 15) is 4.79 Å². The molecule has 6 nitrogen and oxygen atoms in total. The topological polar surface area (TPSA) is 64.2 Å². The quantitative estimate of drug-likeness (QED) is 0.627. The van der Waals surface area contributed by atoms with Gasteiger partial charge in [-0.25, -0.2) is 0 Å². The smallest absolute Gasteiger partial charge is 0.233 e. The fourth-order valence-corrected chi connectivity index (χ4v) is 4.07. The molecule has 1 aromatic carbocycles. The van der Waals surface area contributed by atoms with E-state index in [0.29, 0.717) is 28.4 Å². The molecule has 1 aliphatic heterocycles. The van der Waals surface area contributed by atoms with Crippen molar-refractivity contribution in [3.05, 3.63) is 48.7 Å². The molecule has 140 valence electrons. The van der Waals surface area contributed by atoms with Gasteiger partial charge in [-0.1, -0.05) is 36.9 Å². The molecule has 1 fully saturated rings. The minimum absolute atomic E-state index is 0.161. The molecule has 7 heteroatoms. The number of para-hydroxylation sites is 1. The average molecular weight is 382 g/mol. The number of furan rings is 1. The summed E-state index contributed by atoms with van der Waals surface area (Å²) >= 11 is 1.42. The van der Waals surface area contributed by atoms with Crippen LogP contribution in [0, 0.1) is 5.92 Å². The SMILES string of the molecule is CC1CCN(C(=O)CSc2nnc(-c3ccco3)n2-c2ccccc2)CC1. The number of nitrogens with zero attached hydrogens (tertiary/aromatic N) is 4. The Balaban J connectivity index is 1.55. The molecule has 2 aromatic heterocycles. The molecule has 0 atom stereocenters. The molecular weight excluding hydrogens is 360 g/mol. The van der Waals surface area contributed by atoms with Crippen LogP contribution >= 0.6 is 11.8 Å². The van der Waals surface area contributed by atoms with E-state index >= 15 is 0 Å². The summed E-state index contributed by atoms with van der Waals surface area (Å²) in [4.78, 5) is 14.6. The van der Waals surface area contributed by atoms with Crippen molar-refractivity contribution in [3.8, 4) is 17.3 Å². The zero-order chi connectivity index (χ0) is 18.6. The molecule has 27 heavy (non-hydrogen) atoms. The van der Waals surface area contributed by atoms with Crippen LogP contribution in [0.15, 0.2) is 58.3 Å². The van der Waals surface area contributed by atoms with Crippen molar-refractivity contribution >= 4 is 17.7 Å². The Morgan fingerprint density at radius 1 is 1.15 bits per heavy atom. The van der Waals surface area contributed by atoms with Crippen LogP contribution < -0.4 is 0 Å². The fraction of sp³-hybridized carbons (Fsp3) is 0.350. The highest BCUT2D eigenvalue weighted by atomic mass is 32.2. The highest BCUT2D eigenvalue weighted by molar-refractivity contribution is 7.99. The Labute approximate surface area is 162 Å². The maximum Gasteiger partial charge on any atom is 0.233 e. The van der Waals surface area contributed by atoms with Crippen molar-refractivity contribution in [2.75, 3.05) is 18.8 Å². The highest BCUT2D eigenvalue weighted by Gasteiger charge is 2.23. The van der Waals surface area contributed by atoms with E-state index in [2.05, 4.69) is 17.1 Å². The highest BCUT2D eigenvalue weighted by Crippen LogP contribution is 2.28. The second kappa shape index (κ2) is 8.00. The van der Waals surface area contributed by atoms with Crippen molar-refractivity contribution in [1.82, 2.24) is 19.7 Å². The Bertz CT molecular complexity index is 884. The molecular formula is C20H22N4O2S. The maximum absolute atomic E-state index is 12.6. The van der Waals surface area contributed by atoms with E-state index in [-0.39, 0.29) is 5.91 Å². The summed E-state index contributed by atoms with van der Waals surface area (Å²) in [5.41, 5.74) is 0.940. The lowest BCUT2D eigenvalue weighted by Crippen LogP contribution is -2.38. The first-order valence-corrected chi connectivity index (χ1v) is 10.2. The van der Waals surface area contributed by atoms with Crippen molar-refractivity contribution in [2.24, 2.45) is 5.92 Å². The first-order chi connectivity index (χ1) is 13.2. The molecule has 3 aromatic rings. The van der Waals surface area contributed by atoms with E-state index < -0.39 is 0 Å². The van der Waals surface area contributed by atoms with Crippen LogP contribution in [0.5, 0.6) is 0 Å². The number of benzene rings is 1. The van der Waals surface area contributed by atoms with E-state index in [1.807, 2.05) is 51.9 Å². The number of thioether (sulfide) groups is 1. The average Bonchev–Trinajstić information content (AvgIpc) is 3.37. The molecule has 3 heterocycles. The van der Waals surface area contributed by atoms with Gasteiger partial charge < -0.3 is 9.32 Å². The first-order valence-electron chi connectivity index (χ1n) is 9.17. The minimum atomic E-state index is 0.161. The zero-order valence-corrected chi connectivity index (χ0v) is 16.1. The number of aromatic nitrogens is 3. The van der Waals surface area contributed by atoms with Crippen LogP contribution in [0.25, 0.3) is 17.3 Å². The summed E-state index contributed by atoms with van der Waals surface area (Å²) in [6, 6.07) is 13.6. The number of hydrogen-bond acceptors (Lipinski definition) is 5. The Kier molecular flexibility index (Phi) is 5.29. The lowest BCUT2D eigenvalue weighted by Gasteiger charge is -2.30. The van der Waals surface area contributed by atoms with Crippen molar-refractivity contribution < 1.29 is 9.21 Å². The summed E-state index contributed by atoms with van der Waals surface area (Å²) in [6.07, 6.45) is 3.78. The lowest BCUT2D eigenvalue weighted by atomic mass is 9.99. The van der Waals surface area contributed by atoms with Crippen LogP contribution in [0.4, 0.5) is 0 Å². The van der Waals surface area contributed by atoms with Gasteiger partial charge >= 0.3 is 0 Å². The number of carbonyl (C=O) groups is 1. The third kappa shape index (κ3) is 3.93. The molecule has 1 saturated heterocycles. The van der Waals surface area contributed by atoms with E-state index in [0.717, 1.165) is 31.6 Å². The summed E-state index contributed by atoms with van der Waals surface area (Å²) in [7, 11) is 0. The molecule has 0 aliphatic carbocycles. The van der Waals surface area contributed by atoms with Gasteiger partial charge in [-0.2, -0.15) is 0 Å². The van der Waals surface area contributed by atoms with Gasteiger partial charge in [0.25, 0.3) is 0 Å². The third-order valence-corrected chi connectivity index (χ3v) is 5.76. The number of amides is 1. The van der Waals surface area contributed by atoms with Crippen molar-refractivity contribution in [1.29, 1.82) is 0 Å². The molecule has 0 unspecified atom stereocenters. The van der Waals surface area contributed by atoms with Gasteiger partial charge in [0, 0.05) is 18.8 Å². The predicted molar refractivity (Wildman–Crippen MR) is 105 cm³/mol. The van der Waals surface area contributed by atoms with Gasteiger partial charge in [-0.3, -0.25) is 9.36 Å². The third-order valence-electron chi connectivity index (χ3n) is 4.85. The number of rotatable bonds is 5. The van der Waals surface area contributed by atoms with Crippen LogP contribution in [0.1, 0.15) is 19.8 Å². The van der Waals surface area contributed by atoms with Crippen LogP contribution in [-0.4, -0.2) is 44.4 Å². The largest absolute Gasteiger partial charge is 0.461 e. The second-order valence-electron chi connectivity index (χ2n) is 6.81.